The maximum absolute atomic E-state index is 12.2. The van der Waals surface area contributed by atoms with Gasteiger partial charge in [0.15, 0.2) is 0 Å². The molecule has 0 saturated carbocycles. The highest BCUT2D eigenvalue weighted by molar-refractivity contribution is 5.69. The Bertz CT molecular complexity index is 449. The first-order valence-electron chi connectivity index (χ1n) is 15.0. The molecule has 0 aromatic rings. The third-order valence-corrected chi connectivity index (χ3v) is 6.58. The molecule has 34 heavy (non-hydrogen) atoms. The second-order valence-corrected chi connectivity index (χ2v) is 10.1. The van der Waals surface area contributed by atoms with Crippen molar-refractivity contribution in [2.45, 2.75) is 175 Å². The molecule has 4 nitrogen and oxygen atoms in total. The Hall–Kier alpha value is -1.06. The van der Waals surface area contributed by atoms with Crippen molar-refractivity contribution < 1.29 is 19.1 Å². The normalized spacial score (nSPS) is 12.0. The second kappa shape index (κ2) is 26.5. The van der Waals surface area contributed by atoms with E-state index in [4.69, 9.17) is 9.47 Å². The molecule has 4 heteroatoms. The third-order valence-electron chi connectivity index (χ3n) is 6.58. The fourth-order valence-corrected chi connectivity index (χ4v) is 4.31. The molecule has 0 spiro atoms. The summed E-state index contributed by atoms with van der Waals surface area (Å²) in [5.41, 5.74) is 0. The van der Waals surface area contributed by atoms with E-state index in [-0.39, 0.29) is 18.0 Å². The molecule has 0 aliphatic rings. The van der Waals surface area contributed by atoms with Gasteiger partial charge in [-0.15, -0.1) is 0 Å². The van der Waals surface area contributed by atoms with Gasteiger partial charge in [-0.25, -0.2) is 0 Å². The van der Waals surface area contributed by atoms with Gasteiger partial charge in [0.05, 0.1) is 6.61 Å². The summed E-state index contributed by atoms with van der Waals surface area (Å²) >= 11 is 0. The lowest BCUT2D eigenvalue weighted by Gasteiger charge is -2.18. The van der Waals surface area contributed by atoms with Crippen LogP contribution in [0.4, 0.5) is 0 Å². The summed E-state index contributed by atoms with van der Waals surface area (Å²) in [4.78, 5) is 23.8. The zero-order valence-electron chi connectivity index (χ0n) is 23.2. The van der Waals surface area contributed by atoms with E-state index >= 15 is 0 Å². The van der Waals surface area contributed by atoms with E-state index in [0.717, 1.165) is 70.6 Å². The first-order valence-corrected chi connectivity index (χ1v) is 15.0. The molecule has 0 N–H and O–H groups in total. The molecule has 0 radical (unpaired) electrons. The van der Waals surface area contributed by atoms with Gasteiger partial charge < -0.3 is 9.47 Å². The average Bonchev–Trinajstić information content (AvgIpc) is 2.82. The van der Waals surface area contributed by atoms with Crippen molar-refractivity contribution in [3.05, 3.63) is 0 Å². The molecule has 202 valence electrons. The molecule has 0 heterocycles. The molecular formula is C30H58O4. The zero-order valence-corrected chi connectivity index (χ0v) is 23.2. The maximum atomic E-state index is 12.2. The largest absolute Gasteiger partial charge is 0.466 e. The van der Waals surface area contributed by atoms with E-state index in [1.807, 2.05) is 0 Å². The molecular weight excluding hydrogens is 424 g/mol. The third kappa shape index (κ3) is 24.1. The maximum Gasteiger partial charge on any atom is 0.306 e. The number of esters is 2. The number of unbranched alkanes of at least 4 members (excludes halogenated alkanes) is 15. The quantitative estimate of drug-likeness (QED) is 0.0909. The topological polar surface area (TPSA) is 52.6 Å². The number of hydrogen-bond donors (Lipinski definition) is 0. The minimum Gasteiger partial charge on any atom is -0.466 e. The minimum absolute atomic E-state index is 0.00522. The summed E-state index contributed by atoms with van der Waals surface area (Å²) in [5, 5.41) is 0. The first-order chi connectivity index (χ1) is 16.6. The Labute approximate surface area is 212 Å². The molecule has 1 unspecified atom stereocenters. The van der Waals surface area contributed by atoms with Gasteiger partial charge in [-0.05, 0) is 44.9 Å². The van der Waals surface area contributed by atoms with Gasteiger partial charge >= 0.3 is 11.9 Å². The SMILES string of the molecule is CCCCCCCCCC(CCCCCCCCOC(=O)CCCCC)OC(=O)CCCCC. The molecule has 0 aliphatic carbocycles. The first kappa shape index (κ1) is 32.9. The smallest absolute Gasteiger partial charge is 0.306 e. The summed E-state index contributed by atoms with van der Waals surface area (Å²) in [6.45, 7) is 7.13. The van der Waals surface area contributed by atoms with Gasteiger partial charge in [0.25, 0.3) is 0 Å². The van der Waals surface area contributed by atoms with Gasteiger partial charge in [0.1, 0.15) is 6.10 Å². The number of carbonyl (C=O) groups excluding carboxylic acids is 2. The van der Waals surface area contributed by atoms with Crippen molar-refractivity contribution in [3.63, 3.8) is 0 Å². The van der Waals surface area contributed by atoms with Crippen molar-refractivity contribution in [1.82, 2.24) is 0 Å². The van der Waals surface area contributed by atoms with Crippen molar-refractivity contribution in [3.8, 4) is 0 Å². The summed E-state index contributed by atoms with van der Waals surface area (Å²) in [6.07, 6.45) is 25.6. The van der Waals surface area contributed by atoms with Gasteiger partial charge in [-0.1, -0.05) is 111 Å². The Kier molecular flexibility index (Phi) is 25.7. The number of ether oxygens (including phenoxy) is 2. The summed E-state index contributed by atoms with van der Waals surface area (Å²) in [6, 6.07) is 0. The molecule has 0 saturated heterocycles. The number of carbonyl (C=O) groups is 2. The Morgan fingerprint density at radius 1 is 0.500 bits per heavy atom. The Morgan fingerprint density at radius 3 is 1.44 bits per heavy atom. The van der Waals surface area contributed by atoms with Crippen molar-refractivity contribution >= 4 is 11.9 Å². The fourth-order valence-electron chi connectivity index (χ4n) is 4.31. The van der Waals surface area contributed by atoms with Crippen LogP contribution >= 0.6 is 0 Å². The zero-order chi connectivity index (χ0) is 25.1. The van der Waals surface area contributed by atoms with Crippen LogP contribution in [0.25, 0.3) is 0 Å². The highest BCUT2D eigenvalue weighted by atomic mass is 16.5. The van der Waals surface area contributed by atoms with E-state index in [1.54, 1.807) is 0 Å². The molecule has 0 rings (SSSR count). The number of hydrogen-bond acceptors (Lipinski definition) is 4. The van der Waals surface area contributed by atoms with Crippen LogP contribution in [-0.4, -0.2) is 24.6 Å². The Morgan fingerprint density at radius 2 is 0.912 bits per heavy atom. The van der Waals surface area contributed by atoms with E-state index < -0.39 is 0 Å². The fraction of sp³-hybridized carbons (Fsp3) is 0.933. The molecule has 0 aromatic heterocycles. The van der Waals surface area contributed by atoms with Gasteiger partial charge in [0, 0.05) is 12.8 Å². The van der Waals surface area contributed by atoms with Crippen LogP contribution in [0.3, 0.4) is 0 Å². The lowest BCUT2D eigenvalue weighted by atomic mass is 10.0. The van der Waals surface area contributed by atoms with Crippen LogP contribution < -0.4 is 0 Å². The van der Waals surface area contributed by atoms with E-state index in [1.165, 1.54) is 64.2 Å². The minimum atomic E-state index is -0.0373. The summed E-state index contributed by atoms with van der Waals surface area (Å²) in [5.74, 6) is -0.0321. The summed E-state index contributed by atoms with van der Waals surface area (Å²) < 4.78 is 11.2. The lowest BCUT2D eigenvalue weighted by molar-refractivity contribution is -0.150. The van der Waals surface area contributed by atoms with Crippen molar-refractivity contribution in [1.29, 1.82) is 0 Å². The van der Waals surface area contributed by atoms with Crippen LogP contribution in [0.1, 0.15) is 168 Å². The summed E-state index contributed by atoms with van der Waals surface area (Å²) in [7, 11) is 0. The van der Waals surface area contributed by atoms with Crippen molar-refractivity contribution in [2.75, 3.05) is 6.61 Å². The highest BCUT2D eigenvalue weighted by Crippen LogP contribution is 2.18. The van der Waals surface area contributed by atoms with Crippen molar-refractivity contribution in [2.24, 2.45) is 0 Å². The lowest BCUT2D eigenvalue weighted by Crippen LogP contribution is -2.18. The molecule has 0 amide bonds. The van der Waals surface area contributed by atoms with Crippen LogP contribution in [-0.2, 0) is 19.1 Å². The van der Waals surface area contributed by atoms with Gasteiger partial charge in [-0.2, -0.15) is 0 Å². The molecule has 0 fully saturated rings. The second-order valence-electron chi connectivity index (χ2n) is 10.1. The van der Waals surface area contributed by atoms with Crippen LogP contribution in [0.15, 0.2) is 0 Å². The predicted molar refractivity (Wildman–Crippen MR) is 144 cm³/mol. The average molecular weight is 483 g/mol. The predicted octanol–water partition coefficient (Wildman–Crippen LogP) is 9.47. The highest BCUT2D eigenvalue weighted by Gasteiger charge is 2.14. The van der Waals surface area contributed by atoms with Crippen LogP contribution in [0.5, 0.6) is 0 Å². The number of rotatable bonds is 26. The standard InChI is InChI=1S/C30H58O4/c1-4-7-10-11-12-15-20-23-28(34-30(32)26-19-9-6-3)24-21-16-13-14-17-22-27-33-29(31)25-18-8-5-2/h28H,4-27H2,1-3H3. The monoisotopic (exact) mass is 482 g/mol. The molecule has 0 aliphatic heterocycles. The van der Waals surface area contributed by atoms with Gasteiger partial charge in [0.2, 0.25) is 0 Å². The molecule has 1 atom stereocenters. The van der Waals surface area contributed by atoms with Crippen LogP contribution in [0.2, 0.25) is 0 Å². The molecule has 0 aromatic carbocycles. The Balaban J connectivity index is 3.91. The molecule has 0 bridgehead atoms. The van der Waals surface area contributed by atoms with E-state index in [2.05, 4.69) is 20.8 Å². The van der Waals surface area contributed by atoms with E-state index in [9.17, 15) is 9.59 Å². The van der Waals surface area contributed by atoms with Gasteiger partial charge in [-0.3, -0.25) is 9.59 Å². The van der Waals surface area contributed by atoms with E-state index in [0.29, 0.717) is 19.4 Å². The van der Waals surface area contributed by atoms with Crippen LogP contribution in [0, 0.1) is 0 Å².